The summed E-state index contributed by atoms with van der Waals surface area (Å²) >= 11 is 0. The molecule has 1 aliphatic heterocycles. The molecule has 1 N–H and O–H groups in total. The third-order valence-corrected chi connectivity index (χ3v) is 4.47. The fraction of sp³-hybridized carbons (Fsp3) is 0.538. The first-order valence-corrected chi connectivity index (χ1v) is 8.00. The van der Waals surface area contributed by atoms with Crippen LogP contribution in [0.2, 0.25) is 0 Å². The van der Waals surface area contributed by atoms with Crippen LogP contribution >= 0.6 is 0 Å². The molecule has 0 aromatic heterocycles. The highest BCUT2D eigenvalue weighted by Crippen LogP contribution is 2.19. The average molecular weight is 287 g/mol. The van der Waals surface area contributed by atoms with Gasteiger partial charge in [0.15, 0.2) is 0 Å². The number of rotatable bonds is 4. The van der Waals surface area contributed by atoms with Gasteiger partial charge in [-0.1, -0.05) is 0 Å². The predicted octanol–water partition coefficient (Wildman–Crippen LogP) is 2.44. The Morgan fingerprint density at radius 3 is 2.84 bits per heavy atom. The second kappa shape index (κ2) is 5.88. The van der Waals surface area contributed by atoms with E-state index in [-0.39, 0.29) is 17.7 Å². The van der Waals surface area contributed by atoms with E-state index in [0.29, 0.717) is 17.9 Å². The highest BCUT2D eigenvalue weighted by atomic mass is 32.2. The fourth-order valence-electron chi connectivity index (χ4n) is 2.13. The monoisotopic (exact) mass is 287 g/mol. The number of aryl methyl sites for hydroxylation is 1. The zero-order valence-electron chi connectivity index (χ0n) is 10.9. The van der Waals surface area contributed by atoms with Crippen LogP contribution in [0.1, 0.15) is 24.8 Å². The van der Waals surface area contributed by atoms with E-state index in [4.69, 9.17) is 4.74 Å². The highest BCUT2D eigenvalue weighted by molar-refractivity contribution is 7.92. The average Bonchev–Trinajstić information content (AvgIpc) is 2.33. The van der Waals surface area contributed by atoms with E-state index in [9.17, 15) is 12.8 Å². The third-order valence-electron chi connectivity index (χ3n) is 3.13. The summed E-state index contributed by atoms with van der Waals surface area (Å²) < 4.78 is 44.9. The fourth-order valence-corrected chi connectivity index (χ4v) is 3.53. The largest absolute Gasteiger partial charge is 0.377 e. The molecule has 1 aliphatic rings. The molecule has 6 heteroatoms. The molecule has 0 amide bonds. The van der Waals surface area contributed by atoms with Crippen molar-refractivity contribution in [3.63, 3.8) is 0 Å². The number of nitrogens with one attached hydrogen (secondary N) is 1. The number of ether oxygens (including phenoxy) is 1. The number of anilines is 1. The molecule has 19 heavy (non-hydrogen) atoms. The van der Waals surface area contributed by atoms with Crippen LogP contribution in [0.4, 0.5) is 10.1 Å². The number of halogens is 1. The lowest BCUT2D eigenvalue weighted by molar-refractivity contribution is 0.0306. The number of benzene rings is 1. The minimum atomic E-state index is -3.47. The summed E-state index contributed by atoms with van der Waals surface area (Å²) in [5, 5.41) is 0. The Morgan fingerprint density at radius 1 is 1.42 bits per heavy atom. The molecule has 0 radical (unpaired) electrons. The van der Waals surface area contributed by atoms with Crippen molar-refractivity contribution in [2.45, 2.75) is 32.3 Å². The lowest BCUT2D eigenvalue weighted by Gasteiger charge is -2.22. The second-order valence-corrected chi connectivity index (χ2v) is 6.60. The zero-order chi connectivity index (χ0) is 13.9. The number of hydrogen-bond acceptors (Lipinski definition) is 3. The van der Waals surface area contributed by atoms with E-state index in [0.717, 1.165) is 19.3 Å². The van der Waals surface area contributed by atoms with E-state index >= 15 is 0 Å². The molecule has 1 saturated heterocycles. The first kappa shape index (κ1) is 14.3. The van der Waals surface area contributed by atoms with Gasteiger partial charge in [0.05, 0.1) is 17.5 Å². The van der Waals surface area contributed by atoms with E-state index in [1.807, 2.05) is 0 Å². The smallest absolute Gasteiger partial charge is 0.235 e. The van der Waals surface area contributed by atoms with Crippen molar-refractivity contribution in [1.82, 2.24) is 0 Å². The second-order valence-electron chi connectivity index (χ2n) is 4.83. The van der Waals surface area contributed by atoms with Crippen molar-refractivity contribution in [1.29, 1.82) is 0 Å². The van der Waals surface area contributed by atoms with Crippen molar-refractivity contribution < 1.29 is 17.5 Å². The summed E-state index contributed by atoms with van der Waals surface area (Å²) in [6, 6.07) is 3.97. The molecular formula is C13H18FNO3S. The van der Waals surface area contributed by atoms with Gasteiger partial charge in [-0.2, -0.15) is 0 Å². The molecule has 0 bridgehead atoms. The van der Waals surface area contributed by atoms with Crippen LogP contribution in [-0.4, -0.2) is 26.9 Å². The molecule has 1 aromatic rings. The summed E-state index contributed by atoms with van der Waals surface area (Å²) in [6.45, 7) is 2.29. The van der Waals surface area contributed by atoms with Crippen LogP contribution in [0, 0.1) is 12.7 Å². The van der Waals surface area contributed by atoms with Gasteiger partial charge in [0.25, 0.3) is 0 Å². The van der Waals surface area contributed by atoms with Crippen molar-refractivity contribution in [3.05, 3.63) is 29.6 Å². The summed E-state index contributed by atoms with van der Waals surface area (Å²) in [7, 11) is -3.47. The van der Waals surface area contributed by atoms with Crippen molar-refractivity contribution in [3.8, 4) is 0 Å². The maximum atomic E-state index is 13.0. The summed E-state index contributed by atoms with van der Waals surface area (Å²) in [4.78, 5) is 0. The van der Waals surface area contributed by atoms with Gasteiger partial charge in [-0.25, -0.2) is 12.8 Å². The molecule has 0 saturated carbocycles. The first-order valence-electron chi connectivity index (χ1n) is 6.34. The van der Waals surface area contributed by atoms with Crippen LogP contribution in [0.3, 0.4) is 0 Å². The van der Waals surface area contributed by atoms with E-state index in [1.165, 1.54) is 18.2 Å². The van der Waals surface area contributed by atoms with Crippen LogP contribution in [0.25, 0.3) is 0 Å². The molecule has 4 nitrogen and oxygen atoms in total. The molecule has 1 unspecified atom stereocenters. The Balaban J connectivity index is 2.03. The lowest BCUT2D eigenvalue weighted by atomic mass is 10.1. The Labute approximate surface area is 113 Å². The van der Waals surface area contributed by atoms with Gasteiger partial charge in [0.1, 0.15) is 5.82 Å². The Bertz CT molecular complexity index is 539. The maximum Gasteiger partial charge on any atom is 0.235 e. The van der Waals surface area contributed by atoms with Crippen LogP contribution in [-0.2, 0) is 14.8 Å². The van der Waals surface area contributed by atoms with Crippen molar-refractivity contribution >= 4 is 15.7 Å². The molecule has 0 aliphatic carbocycles. The SMILES string of the molecule is Cc1cc(F)ccc1NS(=O)(=O)CC1CCCCO1. The third kappa shape index (κ3) is 4.18. The summed E-state index contributed by atoms with van der Waals surface area (Å²) in [6.07, 6.45) is 2.51. The van der Waals surface area contributed by atoms with Crippen molar-refractivity contribution in [2.75, 3.05) is 17.1 Å². The van der Waals surface area contributed by atoms with Crippen LogP contribution < -0.4 is 4.72 Å². The maximum absolute atomic E-state index is 13.0. The first-order chi connectivity index (χ1) is 8.96. The van der Waals surface area contributed by atoms with Gasteiger partial charge in [-0.3, -0.25) is 4.72 Å². The van der Waals surface area contributed by atoms with Gasteiger partial charge in [0, 0.05) is 6.61 Å². The van der Waals surface area contributed by atoms with Gasteiger partial charge >= 0.3 is 0 Å². The molecule has 0 spiro atoms. The Hall–Kier alpha value is -1.14. The van der Waals surface area contributed by atoms with Gasteiger partial charge in [-0.05, 0) is 49.9 Å². The number of hydrogen-bond donors (Lipinski definition) is 1. The van der Waals surface area contributed by atoms with Crippen molar-refractivity contribution in [2.24, 2.45) is 0 Å². The van der Waals surface area contributed by atoms with Crippen LogP contribution in [0.5, 0.6) is 0 Å². The highest BCUT2D eigenvalue weighted by Gasteiger charge is 2.22. The van der Waals surface area contributed by atoms with Gasteiger partial charge in [-0.15, -0.1) is 0 Å². The van der Waals surface area contributed by atoms with E-state index in [2.05, 4.69) is 4.72 Å². The summed E-state index contributed by atoms with van der Waals surface area (Å²) in [5.74, 6) is -0.430. The summed E-state index contributed by atoms with van der Waals surface area (Å²) in [5.41, 5.74) is 0.977. The standard InChI is InChI=1S/C13H18FNO3S/c1-10-8-11(14)5-6-13(10)15-19(16,17)9-12-4-2-3-7-18-12/h5-6,8,12,15H,2-4,7,9H2,1H3. The number of sulfonamides is 1. The zero-order valence-corrected chi connectivity index (χ0v) is 11.7. The lowest BCUT2D eigenvalue weighted by Crippen LogP contribution is -2.31. The Morgan fingerprint density at radius 2 is 2.21 bits per heavy atom. The molecule has 1 atom stereocenters. The molecule has 106 valence electrons. The minimum Gasteiger partial charge on any atom is -0.377 e. The molecule has 1 heterocycles. The molecule has 1 fully saturated rings. The predicted molar refractivity (Wildman–Crippen MR) is 72.1 cm³/mol. The molecule has 1 aromatic carbocycles. The minimum absolute atomic E-state index is 0.0518. The quantitative estimate of drug-likeness (QED) is 0.925. The van der Waals surface area contributed by atoms with E-state index in [1.54, 1.807) is 6.92 Å². The molecular weight excluding hydrogens is 269 g/mol. The van der Waals surface area contributed by atoms with E-state index < -0.39 is 10.0 Å². The van der Waals surface area contributed by atoms with Gasteiger partial charge in [0.2, 0.25) is 10.0 Å². The van der Waals surface area contributed by atoms with Gasteiger partial charge < -0.3 is 4.74 Å². The Kier molecular flexibility index (Phi) is 4.42. The topological polar surface area (TPSA) is 55.4 Å². The normalized spacial score (nSPS) is 20.2. The van der Waals surface area contributed by atoms with Crippen LogP contribution in [0.15, 0.2) is 18.2 Å². The molecule has 2 rings (SSSR count).